The van der Waals surface area contributed by atoms with Gasteiger partial charge >= 0.3 is 0 Å². The van der Waals surface area contributed by atoms with Gasteiger partial charge in [-0.05, 0) is 19.9 Å². The fraction of sp³-hybridized carbons (Fsp3) is 0.462. The number of aliphatic hydroxyl groups is 1. The van der Waals surface area contributed by atoms with Crippen LogP contribution in [0.15, 0.2) is 18.5 Å². The van der Waals surface area contributed by atoms with Crippen LogP contribution in [0.1, 0.15) is 23.1 Å². The Kier molecular flexibility index (Phi) is 2.94. The summed E-state index contributed by atoms with van der Waals surface area (Å²) < 4.78 is 2.08. The lowest BCUT2D eigenvalue weighted by molar-refractivity contribution is 0.276. The van der Waals surface area contributed by atoms with Gasteiger partial charge in [-0.1, -0.05) is 0 Å². The molecule has 0 aromatic carbocycles. The number of hydrogen-bond donors (Lipinski definition) is 1. The molecule has 2 aromatic rings. The van der Waals surface area contributed by atoms with Gasteiger partial charge in [0.15, 0.2) is 0 Å². The third-order valence-corrected chi connectivity index (χ3v) is 3.43. The summed E-state index contributed by atoms with van der Waals surface area (Å²) in [5.74, 6) is 0.856. The van der Waals surface area contributed by atoms with Gasteiger partial charge in [0.2, 0.25) is 0 Å². The van der Waals surface area contributed by atoms with Crippen LogP contribution < -0.4 is 4.90 Å². The van der Waals surface area contributed by atoms with Gasteiger partial charge < -0.3 is 10.0 Å². The summed E-state index contributed by atoms with van der Waals surface area (Å²) in [5.41, 5.74) is 2.85. The van der Waals surface area contributed by atoms with Gasteiger partial charge in [0.05, 0.1) is 36.4 Å². The largest absolute Gasteiger partial charge is 0.390 e. The molecule has 0 aliphatic carbocycles. The topological polar surface area (TPSA) is 67.1 Å². The van der Waals surface area contributed by atoms with Crippen molar-refractivity contribution in [3.8, 4) is 0 Å². The number of anilines is 1. The summed E-state index contributed by atoms with van der Waals surface area (Å²) in [5, 5.41) is 13.4. The predicted octanol–water partition coefficient (Wildman–Crippen LogP) is 0.844. The average Bonchev–Trinajstić information content (AvgIpc) is 2.68. The van der Waals surface area contributed by atoms with Gasteiger partial charge in [-0.3, -0.25) is 9.67 Å². The third kappa shape index (κ3) is 2.19. The maximum Gasteiger partial charge on any atom is 0.147 e. The standard InChI is InChI=1S/C13H17N5O/c1-9-3-10(2)18(16-9)12-6-17(7-12)13-5-14-11(8-19)4-15-13/h3-5,12,19H,6-8H2,1-2H3. The highest BCUT2D eigenvalue weighted by molar-refractivity contribution is 5.40. The first-order chi connectivity index (χ1) is 9.17. The number of rotatable bonds is 3. The molecule has 0 amide bonds. The molecule has 0 unspecified atom stereocenters. The van der Waals surface area contributed by atoms with Crippen molar-refractivity contribution in [2.45, 2.75) is 26.5 Å². The van der Waals surface area contributed by atoms with E-state index in [2.05, 4.69) is 37.6 Å². The first-order valence-electron chi connectivity index (χ1n) is 6.37. The zero-order valence-corrected chi connectivity index (χ0v) is 11.1. The maximum absolute atomic E-state index is 8.93. The Morgan fingerprint density at radius 2 is 2.05 bits per heavy atom. The second-order valence-electron chi connectivity index (χ2n) is 4.95. The summed E-state index contributed by atoms with van der Waals surface area (Å²) >= 11 is 0. The molecule has 3 rings (SSSR count). The highest BCUT2D eigenvalue weighted by Crippen LogP contribution is 2.26. The van der Waals surface area contributed by atoms with Crippen LogP contribution in [0.3, 0.4) is 0 Å². The van der Waals surface area contributed by atoms with Crippen LogP contribution >= 0.6 is 0 Å². The summed E-state index contributed by atoms with van der Waals surface area (Å²) in [7, 11) is 0. The maximum atomic E-state index is 8.93. The van der Waals surface area contributed by atoms with Crippen molar-refractivity contribution >= 4 is 5.82 Å². The van der Waals surface area contributed by atoms with E-state index in [0.717, 1.165) is 24.6 Å². The van der Waals surface area contributed by atoms with Gasteiger partial charge in [0.25, 0.3) is 0 Å². The summed E-state index contributed by atoms with van der Waals surface area (Å²) in [6.45, 7) is 5.82. The van der Waals surface area contributed by atoms with Crippen LogP contribution in [0.2, 0.25) is 0 Å². The van der Waals surface area contributed by atoms with Crippen molar-refractivity contribution in [2.24, 2.45) is 0 Å². The first-order valence-corrected chi connectivity index (χ1v) is 6.37. The van der Waals surface area contributed by atoms with E-state index in [-0.39, 0.29) is 6.61 Å². The Morgan fingerprint density at radius 1 is 1.26 bits per heavy atom. The predicted molar refractivity (Wildman–Crippen MR) is 70.9 cm³/mol. The minimum Gasteiger partial charge on any atom is -0.390 e. The number of aromatic nitrogens is 4. The van der Waals surface area contributed by atoms with Gasteiger partial charge in [0, 0.05) is 18.8 Å². The zero-order chi connectivity index (χ0) is 13.4. The quantitative estimate of drug-likeness (QED) is 0.885. The molecule has 6 nitrogen and oxygen atoms in total. The van der Waals surface area contributed by atoms with Crippen molar-refractivity contribution in [1.82, 2.24) is 19.7 Å². The van der Waals surface area contributed by atoms with Crippen LogP contribution in [0.4, 0.5) is 5.82 Å². The van der Waals surface area contributed by atoms with E-state index in [1.807, 2.05) is 6.92 Å². The molecule has 0 spiro atoms. The lowest BCUT2D eigenvalue weighted by atomic mass is 10.1. The van der Waals surface area contributed by atoms with Crippen molar-refractivity contribution in [1.29, 1.82) is 0 Å². The van der Waals surface area contributed by atoms with Gasteiger partial charge in [-0.2, -0.15) is 5.10 Å². The zero-order valence-electron chi connectivity index (χ0n) is 11.1. The van der Waals surface area contributed by atoms with Crippen LogP contribution in [-0.4, -0.2) is 37.9 Å². The fourth-order valence-corrected chi connectivity index (χ4v) is 2.41. The lowest BCUT2D eigenvalue weighted by Gasteiger charge is -2.40. The molecule has 100 valence electrons. The molecule has 1 N–H and O–H groups in total. The minimum atomic E-state index is -0.0678. The first kappa shape index (κ1) is 12.1. The normalized spacial score (nSPS) is 15.6. The molecule has 19 heavy (non-hydrogen) atoms. The highest BCUT2D eigenvalue weighted by atomic mass is 16.3. The molecule has 0 bridgehead atoms. The average molecular weight is 259 g/mol. The van der Waals surface area contributed by atoms with E-state index < -0.39 is 0 Å². The van der Waals surface area contributed by atoms with E-state index in [4.69, 9.17) is 5.11 Å². The molecule has 1 saturated heterocycles. The van der Waals surface area contributed by atoms with E-state index in [1.54, 1.807) is 12.4 Å². The van der Waals surface area contributed by atoms with Crippen molar-refractivity contribution in [3.63, 3.8) is 0 Å². The molecule has 0 radical (unpaired) electrons. The highest BCUT2D eigenvalue weighted by Gasteiger charge is 2.30. The monoisotopic (exact) mass is 259 g/mol. The molecule has 2 aromatic heterocycles. The van der Waals surface area contributed by atoms with Crippen molar-refractivity contribution in [2.75, 3.05) is 18.0 Å². The number of aliphatic hydroxyl groups excluding tert-OH is 1. The van der Waals surface area contributed by atoms with E-state index >= 15 is 0 Å². The van der Waals surface area contributed by atoms with Crippen molar-refractivity contribution in [3.05, 3.63) is 35.5 Å². The lowest BCUT2D eigenvalue weighted by Crippen LogP contribution is -2.48. The van der Waals surface area contributed by atoms with Gasteiger partial charge in [-0.25, -0.2) is 4.98 Å². The molecule has 0 saturated carbocycles. The van der Waals surface area contributed by atoms with Crippen LogP contribution in [0.25, 0.3) is 0 Å². The molecular weight excluding hydrogens is 242 g/mol. The number of aryl methyl sites for hydroxylation is 2. The fourth-order valence-electron chi connectivity index (χ4n) is 2.41. The van der Waals surface area contributed by atoms with E-state index in [0.29, 0.717) is 11.7 Å². The Balaban J connectivity index is 1.67. The molecule has 1 fully saturated rings. The number of nitrogens with zero attached hydrogens (tertiary/aromatic N) is 5. The molecule has 0 atom stereocenters. The third-order valence-electron chi connectivity index (χ3n) is 3.43. The molecule has 1 aliphatic rings. The molecule has 6 heteroatoms. The Morgan fingerprint density at radius 3 is 2.58 bits per heavy atom. The van der Waals surface area contributed by atoms with Crippen LogP contribution in [0, 0.1) is 13.8 Å². The molecular formula is C13H17N5O. The number of hydrogen-bond acceptors (Lipinski definition) is 5. The summed E-state index contributed by atoms with van der Waals surface area (Å²) in [4.78, 5) is 10.6. The van der Waals surface area contributed by atoms with Gasteiger partial charge in [-0.15, -0.1) is 0 Å². The Labute approximate surface area is 111 Å². The van der Waals surface area contributed by atoms with E-state index in [1.165, 1.54) is 5.69 Å². The minimum absolute atomic E-state index is 0.0678. The van der Waals surface area contributed by atoms with Crippen LogP contribution in [0.5, 0.6) is 0 Å². The van der Waals surface area contributed by atoms with E-state index in [9.17, 15) is 0 Å². The van der Waals surface area contributed by atoms with Gasteiger partial charge in [0.1, 0.15) is 5.82 Å². The van der Waals surface area contributed by atoms with Crippen molar-refractivity contribution < 1.29 is 5.11 Å². The molecule has 1 aliphatic heterocycles. The Hall–Kier alpha value is -1.95. The smallest absolute Gasteiger partial charge is 0.147 e. The second kappa shape index (κ2) is 4.62. The summed E-state index contributed by atoms with van der Waals surface area (Å²) in [6.07, 6.45) is 3.33. The van der Waals surface area contributed by atoms with Crippen LogP contribution in [-0.2, 0) is 6.61 Å². The second-order valence-corrected chi connectivity index (χ2v) is 4.95. The SMILES string of the molecule is Cc1cc(C)n(C2CN(c3cnc(CO)cn3)C2)n1. The Bertz CT molecular complexity index is 571. The summed E-state index contributed by atoms with van der Waals surface area (Å²) in [6, 6.07) is 2.51. The molecule has 3 heterocycles.